The van der Waals surface area contributed by atoms with Crippen LogP contribution < -0.4 is 5.32 Å². The maximum Gasteiger partial charge on any atom is 0.0157 e. The molecule has 0 aromatic rings. The Labute approximate surface area is 101 Å². The second-order valence-electron chi connectivity index (χ2n) is 5.36. The molecule has 16 heavy (non-hydrogen) atoms. The minimum Gasteiger partial charge on any atom is -0.320 e. The van der Waals surface area contributed by atoms with Gasteiger partial charge in [-0.25, -0.2) is 0 Å². The minimum atomic E-state index is 0.853. The molecule has 0 aromatic heterocycles. The average molecular weight is 224 g/mol. The Kier molecular flexibility index (Phi) is 6.74. The molecule has 0 amide bonds. The minimum absolute atomic E-state index is 0.853. The predicted octanol–water partition coefficient (Wildman–Crippen LogP) is 2.52. The van der Waals surface area contributed by atoms with Crippen LogP contribution in [0.5, 0.6) is 0 Å². The molecule has 2 nitrogen and oxygen atoms in total. The zero-order chi connectivity index (χ0) is 11.8. The Morgan fingerprint density at radius 1 is 1.19 bits per heavy atom. The normalized spacial score (nSPS) is 26.8. The first kappa shape index (κ1) is 13.7. The molecule has 0 atom stereocenters. The van der Waals surface area contributed by atoms with Crippen LogP contribution in [-0.2, 0) is 0 Å². The van der Waals surface area contributed by atoms with Gasteiger partial charge in [0, 0.05) is 6.54 Å². The summed E-state index contributed by atoms with van der Waals surface area (Å²) in [6.07, 6.45) is 11.8. The van der Waals surface area contributed by atoms with Gasteiger partial charge in [-0.3, -0.25) is 0 Å². The highest BCUT2D eigenvalue weighted by molar-refractivity contribution is 4.92. The molecule has 94 valence electrons. The third-order valence-electron chi connectivity index (χ3n) is 3.57. The molecule has 0 unspecified atom stereocenters. The molecule has 1 rings (SSSR count). The molecule has 0 heterocycles. The summed E-state index contributed by atoms with van der Waals surface area (Å²) in [4.78, 5) is 2.22. The molecule has 1 aliphatic rings. The first-order chi connectivity index (χ1) is 7.72. The Balaban J connectivity index is 2.14. The van der Waals surface area contributed by atoms with E-state index in [-0.39, 0.29) is 0 Å². The topological polar surface area (TPSA) is 15.3 Å². The molecule has 0 aromatic carbocycles. The van der Waals surface area contributed by atoms with E-state index in [0.717, 1.165) is 18.4 Å². The third kappa shape index (κ3) is 5.66. The maximum absolute atomic E-state index is 3.25. The lowest BCUT2D eigenvalue weighted by Gasteiger charge is -2.26. The van der Waals surface area contributed by atoms with Crippen LogP contribution in [0.15, 0.2) is 12.2 Å². The van der Waals surface area contributed by atoms with Crippen LogP contribution in [0.2, 0.25) is 0 Å². The second kappa shape index (κ2) is 7.86. The molecule has 0 spiro atoms. The first-order valence-corrected chi connectivity index (χ1v) is 6.68. The Bertz CT molecular complexity index is 191. The van der Waals surface area contributed by atoms with Crippen LogP contribution >= 0.6 is 0 Å². The summed E-state index contributed by atoms with van der Waals surface area (Å²) in [5.41, 5.74) is 0. The molecular formula is C14H28N2. The summed E-state index contributed by atoms with van der Waals surface area (Å²) in [5.74, 6) is 1.83. The fourth-order valence-electron chi connectivity index (χ4n) is 2.48. The second-order valence-corrected chi connectivity index (χ2v) is 5.36. The monoisotopic (exact) mass is 224 g/mol. The quantitative estimate of drug-likeness (QED) is 0.697. The van der Waals surface area contributed by atoms with E-state index >= 15 is 0 Å². The van der Waals surface area contributed by atoms with Gasteiger partial charge in [0.1, 0.15) is 0 Å². The highest BCUT2D eigenvalue weighted by Crippen LogP contribution is 2.31. The van der Waals surface area contributed by atoms with Gasteiger partial charge < -0.3 is 10.2 Å². The van der Waals surface area contributed by atoms with Crippen molar-refractivity contribution in [2.24, 2.45) is 11.8 Å². The van der Waals surface area contributed by atoms with Crippen LogP contribution in [-0.4, -0.2) is 39.1 Å². The van der Waals surface area contributed by atoms with Gasteiger partial charge in [-0.05, 0) is 71.6 Å². The number of nitrogens with zero attached hydrogens (tertiary/aromatic N) is 1. The SMILES string of the molecule is CNCCC1CCC(C=CCN(C)C)CC1. The predicted molar refractivity (Wildman–Crippen MR) is 71.7 cm³/mol. The smallest absolute Gasteiger partial charge is 0.0157 e. The first-order valence-electron chi connectivity index (χ1n) is 6.68. The Hall–Kier alpha value is -0.340. The van der Waals surface area contributed by atoms with Gasteiger partial charge in [0.05, 0.1) is 0 Å². The van der Waals surface area contributed by atoms with Crippen LogP contribution in [0.3, 0.4) is 0 Å². The highest BCUT2D eigenvalue weighted by atomic mass is 15.0. The molecule has 1 fully saturated rings. The third-order valence-corrected chi connectivity index (χ3v) is 3.57. The van der Waals surface area contributed by atoms with E-state index in [1.807, 2.05) is 0 Å². The number of likely N-dealkylation sites (N-methyl/N-ethyl adjacent to an activating group) is 1. The van der Waals surface area contributed by atoms with Gasteiger partial charge >= 0.3 is 0 Å². The molecule has 1 aliphatic carbocycles. The van der Waals surface area contributed by atoms with Crippen molar-refractivity contribution in [3.05, 3.63) is 12.2 Å². The summed E-state index contributed by atoms with van der Waals surface area (Å²) in [5, 5.41) is 3.25. The van der Waals surface area contributed by atoms with Gasteiger partial charge in [-0.2, -0.15) is 0 Å². The molecule has 1 saturated carbocycles. The number of nitrogens with one attached hydrogen (secondary N) is 1. The molecule has 0 aliphatic heterocycles. The van der Waals surface area contributed by atoms with Crippen LogP contribution in [0.1, 0.15) is 32.1 Å². The number of hydrogen-bond donors (Lipinski definition) is 1. The van der Waals surface area contributed by atoms with Crippen molar-refractivity contribution in [3.8, 4) is 0 Å². The summed E-state index contributed by atoms with van der Waals surface area (Å²) in [6, 6.07) is 0. The average Bonchev–Trinajstić information content (AvgIpc) is 2.27. The van der Waals surface area contributed by atoms with Crippen molar-refractivity contribution < 1.29 is 0 Å². The summed E-state index contributed by atoms with van der Waals surface area (Å²) in [6.45, 7) is 2.27. The van der Waals surface area contributed by atoms with E-state index in [1.54, 1.807) is 0 Å². The molecular weight excluding hydrogens is 196 g/mol. The number of rotatable bonds is 6. The Morgan fingerprint density at radius 3 is 2.44 bits per heavy atom. The lowest BCUT2D eigenvalue weighted by Crippen LogP contribution is -2.18. The molecule has 1 N–H and O–H groups in total. The van der Waals surface area contributed by atoms with E-state index < -0.39 is 0 Å². The zero-order valence-electron chi connectivity index (χ0n) is 11.2. The van der Waals surface area contributed by atoms with Gasteiger partial charge in [-0.15, -0.1) is 0 Å². The summed E-state index contributed by atoms with van der Waals surface area (Å²) >= 11 is 0. The van der Waals surface area contributed by atoms with E-state index in [2.05, 4.69) is 43.5 Å². The van der Waals surface area contributed by atoms with E-state index in [9.17, 15) is 0 Å². The van der Waals surface area contributed by atoms with Crippen molar-refractivity contribution >= 4 is 0 Å². The lowest BCUT2D eigenvalue weighted by molar-refractivity contribution is 0.294. The van der Waals surface area contributed by atoms with E-state index in [4.69, 9.17) is 0 Å². The summed E-state index contributed by atoms with van der Waals surface area (Å²) < 4.78 is 0. The lowest BCUT2D eigenvalue weighted by atomic mass is 9.80. The largest absolute Gasteiger partial charge is 0.320 e. The molecule has 2 heteroatoms. The van der Waals surface area contributed by atoms with Gasteiger partial charge in [0.25, 0.3) is 0 Å². The van der Waals surface area contributed by atoms with Crippen LogP contribution in [0, 0.1) is 11.8 Å². The van der Waals surface area contributed by atoms with Crippen molar-refractivity contribution in [2.75, 3.05) is 34.2 Å². The van der Waals surface area contributed by atoms with Crippen molar-refractivity contribution in [3.63, 3.8) is 0 Å². The van der Waals surface area contributed by atoms with E-state index in [1.165, 1.54) is 38.6 Å². The van der Waals surface area contributed by atoms with Gasteiger partial charge in [-0.1, -0.05) is 12.2 Å². The number of hydrogen-bond acceptors (Lipinski definition) is 2. The summed E-state index contributed by atoms with van der Waals surface area (Å²) in [7, 11) is 6.30. The fraction of sp³-hybridized carbons (Fsp3) is 0.857. The van der Waals surface area contributed by atoms with Crippen LogP contribution in [0.25, 0.3) is 0 Å². The standard InChI is InChI=1S/C14H28N2/c1-15-11-10-14-8-6-13(7-9-14)5-4-12-16(2)3/h4-5,13-15H,6-12H2,1-3H3. The van der Waals surface area contributed by atoms with Crippen molar-refractivity contribution in [2.45, 2.75) is 32.1 Å². The van der Waals surface area contributed by atoms with E-state index in [0.29, 0.717) is 0 Å². The van der Waals surface area contributed by atoms with Crippen molar-refractivity contribution in [1.29, 1.82) is 0 Å². The molecule has 0 radical (unpaired) electrons. The Morgan fingerprint density at radius 2 is 1.88 bits per heavy atom. The zero-order valence-corrected chi connectivity index (χ0v) is 11.2. The maximum atomic E-state index is 3.25. The van der Waals surface area contributed by atoms with Crippen molar-refractivity contribution in [1.82, 2.24) is 10.2 Å². The fourth-order valence-corrected chi connectivity index (χ4v) is 2.48. The molecule has 0 bridgehead atoms. The highest BCUT2D eigenvalue weighted by Gasteiger charge is 2.18. The van der Waals surface area contributed by atoms with Gasteiger partial charge in [0.15, 0.2) is 0 Å². The van der Waals surface area contributed by atoms with Crippen LogP contribution in [0.4, 0.5) is 0 Å². The molecule has 0 saturated heterocycles. The van der Waals surface area contributed by atoms with Gasteiger partial charge in [0.2, 0.25) is 0 Å². The number of allylic oxidation sites excluding steroid dienone is 1.